The molecular formula is C53H80N8O9. The Morgan fingerprint density at radius 2 is 1.46 bits per heavy atom. The van der Waals surface area contributed by atoms with E-state index in [1.807, 2.05) is 25.1 Å². The summed E-state index contributed by atoms with van der Waals surface area (Å²) in [5.74, 6) is -5.46. The Kier molecular flexibility index (Phi) is 20.2. The minimum atomic E-state index is -1.48. The molecule has 9 atom stereocenters. The number of nitrogens with zero attached hydrogens (tertiary/aromatic N) is 3. The van der Waals surface area contributed by atoms with E-state index in [4.69, 9.17) is 16.6 Å². The number of rotatable bonds is 25. The van der Waals surface area contributed by atoms with Crippen LogP contribution in [0.1, 0.15) is 150 Å². The van der Waals surface area contributed by atoms with Crippen LogP contribution in [0, 0.1) is 5.92 Å². The third-order valence-electron chi connectivity index (χ3n) is 14.9. The molecule has 0 aromatic heterocycles. The second-order valence-corrected chi connectivity index (χ2v) is 20.4. The first kappa shape index (κ1) is 55.4. The van der Waals surface area contributed by atoms with Crippen molar-refractivity contribution < 1.29 is 43.8 Å². The van der Waals surface area contributed by atoms with Crippen molar-refractivity contribution in [3.63, 3.8) is 0 Å². The highest BCUT2D eigenvalue weighted by molar-refractivity contribution is 5.98. The van der Waals surface area contributed by atoms with Gasteiger partial charge in [0.25, 0.3) is 0 Å². The van der Waals surface area contributed by atoms with Crippen LogP contribution in [0.4, 0.5) is 5.69 Å². The number of carboxylic acid groups (broad SMARTS) is 2. The maximum atomic E-state index is 15.3. The van der Waals surface area contributed by atoms with Gasteiger partial charge in [0, 0.05) is 30.6 Å². The Balaban J connectivity index is 1.40. The van der Waals surface area contributed by atoms with Crippen molar-refractivity contribution in [2.75, 3.05) is 25.0 Å². The van der Waals surface area contributed by atoms with Crippen molar-refractivity contribution in [2.45, 2.75) is 192 Å². The first-order valence-electron chi connectivity index (χ1n) is 25.6. The number of carbonyl (C=O) groups is 7. The Hall–Kier alpha value is -5.55. The predicted molar refractivity (Wildman–Crippen MR) is 269 cm³/mol. The second-order valence-electron chi connectivity index (χ2n) is 20.4. The van der Waals surface area contributed by atoms with Gasteiger partial charge in [0.2, 0.25) is 29.5 Å². The van der Waals surface area contributed by atoms with E-state index in [9.17, 15) is 33.9 Å². The van der Waals surface area contributed by atoms with Crippen LogP contribution in [0.2, 0.25) is 0 Å². The number of nitrogens with one attached hydrogen (secondary N) is 3. The van der Waals surface area contributed by atoms with Crippen molar-refractivity contribution in [1.29, 1.82) is 0 Å². The summed E-state index contributed by atoms with van der Waals surface area (Å²) < 4.78 is 0. The first-order valence-corrected chi connectivity index (χ1v) is 25.6. The van der Waals surface area contributed by atoms with Crippen molar-refractivity contribution in [1.82, 2.24) is 25.3 Å². The Labute approximate surface area is 414 Å². The minimum absolute atomic E-state index is 0.250. The van der Waals surface area contributed by atoms with Gasteiger partial charge in [-0.3, -0.25) is 28.8 Å². The molecule has 0 spiro atoms. The van der Waals surface area contributed by atoms with Crippen LogP contribution in [0.5, 0.6) is 0 Å². The lowest BCUT2D eigenvalue weighted by Crippen LogP contribution is -2.60. The van der Waals surface area contributed by atoms with Crippen molar-refractivity contribution in [2.24, 2.45) is 17.4 Å². The van der Waals surface area contributed by atoms with Crippen LogP contribution >= 0.6 is 0 Å². The third kappa shape index (κ3) is 13.4. The number of carboxylic acids is 2. The highest BCUT2D eigenvalue weighted by Gasteiger charge is 2.61. The fourth-order valence-electron chi connectivity index (χ4n) is 10.7. The molecule has 70 heavy (non-hydrogen) atoms. The van der Waals surface area contributed by atoms with E-state index in [0.29, 0.717) is 70.8 Å². The number of anilines is 1. The van der Waals surface area contributed by atoms with E-state index in [2.05, 4.69) is 67.9 Å². The van der Waals surface area contributed by atoms with Gasteiger partial charge in [-0.1, -0.05) is 79.8 Å². The maximum absolute atomic E-state index is 15.3. The summed E-state index contributed by atoms with van der Waals surface area (Å²) in [7, 11) is 0. The zero-order chi connectivity index (χ0) is 51.3. The van der Waals surface area contributed by atoms with Crippen LogP contribution in [-0.2, 0) is 39.0 Å². The van der Waals surface area contributed by atoms with E-state index < -0.39 is 83.9 Å². The largest absolute Gasteiger partial charge is 0.481 e. The minimum Gasteiger partial charge on any atom is -0.481 e. The number of amides is 5. The van der Waals surface area contributed by atoms with Gasteiger partial charge < -0.3 is 52.3 Å². The number of hydrogen-bond acceptors (Lipinski definition) is 10. The number of benzene rings is 1. The number of nitrogens with two attached hydrogens (primary N) is 2. The number of unbranched alkanes of at least 4 members (excludes halogenated alkanes) is 1. The van der Waals surface area contributed by atoms with E-state index in [-0.39, 0.29) is 37.2 Å². The molecule has 0 aliphatic carbocycles. The Bertz CT molecular complexity index is 2150. The fourth-order valence-corrected chi connectivity index (χ4v) is 10.7. The molecule has 0 saturated carbocycles. The lowest BCUT2D eigenvalue weighted by atomic mass is 9.74. The van der Waals surface area contributed by atoms with Gasteiger partial charge in [-0.05, 0) is 135 Å². The standard InChI is InChI=1S/C53H80N8O9/c1-7-36(6)45(47(65)56-40(51(69)70)25-26-44(62)63)58-46(64)41-23-14-30-59(41)49(67)42-24-15-31-60(42)50(68)43-32-53(28-27-35(5)19-13-18-34(4)17-12-16-33(2)3)37-20-8-9-22-39(37)57-52(53)61(43)48(66)38(55)21-10-11-29-54/h8-9,16,18,20,22,27,36,38,40-43,45,52,57H,7,10-15,17,19,21,23-26,28-32,54-55H2,1-6H3,(H,56,65)(H,58,64)(H,62,63)(H,69,70)/b34-18+,35-27+/t36-,38-,40-,41-,42-,43-,45-,52-,53+/m0/s1. The molecule has 17 heteroatoms. The summed E-state index contributed by atoms with van der Waals surface area (Å²) in [6.45, 7) is 13.1. The highest BCUT2D eigenvalue weighted by atomic mass is 16.4. The smallest absolute Gasteiger partial charge is 0.326 e. The molecule has 4 heterocycles. The monoisotopic (exact) mass is 973 g/mol. The fraction of sp³-hybridized carbons (Fsp3) is 0.642. The summed E-state index contributed by atoms with van der Waals surface area (Å²) in [5, 5.41) is 27.7. The molecule has 4 aliphatic heterocycles. The van der Waals surface area contributed by atoms with Crippen LogP contribution in [0.25, 0.3) is 0 Å². The molecule has 17 nitrogen and oxygen atoms in total. The maximum Gasteiger partial charge on any atom is 0.326 e. The zero-order valence-electron chi connectivity index (χ0n) is 42.3. The molecule has 3 fully saturated rings. The van der Waals surface area contributed by atoms with Crippen LogP contribution < -0.4 is 27.4 Å². The summed E-state index contributed by atoms with van der Waals surface area (Å²) in [5.41, 5.74) is 17.6. The van der Waals surface area contributed by atoms with E-state index in [0.717, 1.165) is 36.9 Å². The molecular weight excluding hydrogens is 893 g/mol. The van der Waals surface area contributed by atoms with Gasteiger partial charge in [0.1, 0.15) is 36.4 Å². The van der Waals surface area contributed by atoms with Crippen molar-refractivity contribution in [3.8, 4) is 0 Å². The molecule has 1 aromatic carbocycles. The Morgan fingerprint density at radius 3 is 2.10 bits per heavy atom. The van der Waals surface area contributed by atoms with E-state index in [1.54, 1.807) is 16.7 Å². The highest BCUT2D eigenvalue weighted by Crippen LogP contribution is 2.54. The molecule has 1 aromatic rings. The lowest BCUT2D eigenvalue weighted by molar-refractivity contribution is -0.151. The topological polar surface area (TPSA) is 258 Å². The molecule has 0 radical (unpaired) electrons. The van der Waals surface area contributed by atoms with E-state index >= 15 is 4.79 Å². The number of aliphatic carboxylic acids is 2. The number of carbonyl (C=O) groups excluding carboxylic acids is 5. The summed E-state index contributed by atoms with van der Waals surface area (Å²) in [6, 6.07) is 1.69. The average Bonchev–Trinajstić information content (AvgIpc) is 4.14. The second kappa shape index (κ2) is 25.5. The molecule has 3 saturated heterocycles. The van der Waals surface area contributed by atoms with Crippen molar-refractivity contribution >= 4 is 47.2 Å². The van der Waals surface area contributed by atoms with Crippen molar-refractivity contribution in [3.05, 3.63) is 64.8 Å². The first-order chi connectivity index (χ1) is 33.3. The summed E-state index contributed by atoms with van der Waals surface area (Å²) >= 11 is 0. The number of fused-ring (bicyclic) bond motifs is 3. The third-order valence-corrected chi connectivity index (χ3v) is 14.9. The number of allylic oxidation sites excluding steroid dienone is 6. The quantitative estimate of drug-likeness (QED) is 0.0474. The average molecular weight is 973 g/mol. The van der Waals surface area contributed by atoms with Gasteiger partial charge in [0.15, 0.2) is 0 Å². The van der Waals surface area contributed by atoms with Gasteiger partial charge >= 0.3 is 11.9 Å². The number of hydrogen-bond donors (Lipinski definition) is 7. The molecule has 5 rings (SSSR count). The number of para-hydroxylation sites is 1. The normalized spacial score (nSPS) is 23.7. The van der Waals surface area contributed by atoms with Crippen LogP contribution in [0.3, 0.4) is 0 Å². The molecule has 386 valence electrons. The van der Waals surface area contributed by atoms with Crippen LogP contribution in [0.15, 0.2) is 59.2 Å². The molecule has 9 N–H and O–H groups in total. The van der Waals surface area contributed by atoms with Gasteiger partial charge in [-0.15, -0.1) is 0 Å². The zero-order valence-corrected chi connectivity index (χ0v) is 42.3. The number of likely N-dealkylation sites (tertiary alicyclic amines) is 3. The van der Waals surface area contributed by atoms with Crippen LogP contribution in [-0.4, -0.2) is 128 Å². The van der Waals surface area contributed by atoms with Gasteiger partial charge in [-0.25, -0.2) is 4.79 Å². The van der Waals surface area contributed by atoms with Gasteiger partial charge in [-0.2, -0.15) is 0 Å². The molecule has 0 bridgehead atoms. The Morgan fingerprint density at radius 1 is 0.829 bits per heavy atom. The molecule has 0 unspecified atom stereocenters. The summed E-state index contributed by atoms with van der Waals surface area (Å²) in [4.78, 5) is 100. The molecule has 4 aliphatic rings. The SMILES string of the molecule is CC[C@H](C)[C@H](NC(=O)[C@@H]1CCCN1C(=O)[C@@H]1CCCN1C(=O)[C@@H]1C[C@]2(C/C=C(\C)CC/C=C(\C)CCC=C(C)C)c3ccccc3N[C@H]2N1C(=O)[C@@H](N)CCCCN)C(=O)N[C@@H](CCC(=O)O)C(=O)O. The molecule has 5 amide bonds. The predicted octanol–water partition coefficient (Wildman–Crippen LogP) is 5.49. The van der Waals surface area contributed by atoms with Gasteiger partial charge in [0.05, 0.1) is 6.04 Å². The lowest BCUT2D eigenvalue weighted by Gasteiger charge is -2.37. The summed E-state index contributed by atoms with van der Waals surface area (Å²) in [6.07, 6.45) is 14.0. The van der Waals surface area contributed by atoms with E-state index in [1.165, 1.54) is 21.6 Å².